The molecule has 0 bridgehead atoms. The van der Waals surface area contributed by atoms with Gasteiger partial charge in [-0.25, -0.2) is 4.98 Å². The zero-order valence-corrected chi connectivity index (χ0v) is 35.2. The van der Waals surface area contributed by atoms with Crippen LogP contribution in [0.5, 0.6) is 0 Å². The number of ether oxygens (including phenoxy) is 2. The summed E-state index contributed by atoms with van der Waals surface area (Å²) in [7, 11) is 0. The standard InChI is InChI=1S/C46H85N3O4/c1-4-7-10-13-17-24-31-43(30-23-12-9-6-3)46(51)53-40-29-22-20-27-37-49(38-35-42-33-34-44(47)48-41-42)36-26-19-15-16-21-28-39-52-45(50)32-25-18-14-11-8-5-2/h33-34,41,43H,4-32,35-40H2,1-3H3,(H2,47,48). The Morgan fingerprint density at radius 1 is 0.585 bits per heavy atom. The Balaban J connectivity index is 2.29. The van der Waals surface area contributed by atoms with Crippen molar-refractivity contribution in [2.45, 2.75) is 213 Å². The molecule has 7 heteroatoms. The van der Waals surface area contributed by atoms with Gasteiger partial charge in [-0.2, -0.15) is 0 Å². The number of hydrogen-bond acceptors (Lipinski definition) is 7. The van der Waals surface area contributed by atoms with Crippen molar-refractivity contribution in [2.24, 2.45) is 5.92 Å². The predicted molar refractivity (Wildman–Crippen MR) is 225 cm³/mol. The van der Waals surface area contributed by atoms with E-state index in [0.717, 1.165) is 90.3 Å². The SMILES string of the molecule is CCCCCCCCC(=O)OCCCCCCCCN(CCCCCCOC(=O)C(CCCCCC)CCCCCCCC)CCc1ccc(N)nc1. The minimum Gasteiger partial charge on any atom is -0.466 e. The molecule has 0 saturated carbocycles. The second-order valence-electron chi connectivity index (χ2n) is 15.7. The summed E-state index contributed by atoms with van der Waals surface area (Å²) >= 11 is 0. The largest absolute Gasteiger partial charge is 0.466 e. The van der Waals surface area contributed by atoms with Gasteiger partial charge in [0.2, 0.25) is 0 Å². The molecule has 1 atom stereocenters. The van der Waals surface area contributed by atoms with Crippen LogP contribution < -0.4 is 5.73 Å². The van der Waals surface area contributed by atoms with E-state index in [1.54, 1.807) is 0 Å². The van der Waals surface area contributed by atoms with Crippen molar-refractivity contribution in [3.63, 3.8) is 0 Å². The van der Waals surface area contributed by atoms with Gasteiger partial charge < -0.3 is 20.1 Å². The molecule has 0 amide bonds. The molecular weight excluding hydrogens is 659 g/mol. The number of carbonyl (C=O) groups is 2. The predicted octanol–water partition coefficient (Wildman–Crippen LogP) is 12.6. The molecule has 0 saturated heterocycles. The van der Waals surface area contributed by atoms with Crippen LogP contribution in [0.1, 0.15) is 213 Å². The van der Waals surface area contributed by atoms with Crippen molar-refractivity contribution in [2.75, 3.05) is 38.6 Å². The number of unbranched alkanes of at least 4 members (excludes halogenated alkanes) is 21. The Hall–Kier alpha value is -2.15. The third kappa shape index (κ3) is 30.8. The molecule has 0 aliphatic heterocycles. The Labute approximate surface area is 327 Å². The molecule has 1 heterocycles. The van der Waals surface area contributed by atoms with Crippen molar-refractivity contribution in [3.8, 4) is 0 Å². The van der Waals surface area contributed by atoms with Gasteiger partial charge in [0.15, 0.2) is 0 Å². The van der Waals surface area contributed by atoms with Crippen LogP contribution in [0.15, 0.2) is 18.3 Å². The Kier molecular flexibility index (Phi) is 33.9. The molecule has 0 radical (unpaired) electrons. The number of carbonyl (C=O) groups excluding carboxylic acids is 2. The summed E-state index contributed by atoms with van der Waals surface area (Å²) in [4.78, 5) is 31.9. The van der Waals surface area contributed by atoms with Crippen molar-refractivity contribution < 1.29 is 19.1 Å². The number of anilines is 1. The van der Waals surface area contributed by atoms with Gasteiger partial charge in [0.25, 0.3) is 0 Å². The van der Waals surface area contributed by atoms with Gasteiger partial charge in [-0.3, -0.25) is 9.59 Å². The molecule has 308 valence electrons. The first-order chi connectivity index (χ1) is 26.0. The van der Waals surface area contributed by atoms with E-state index in [4.69, 9.17) is 15.2 Å². The quantitative estimate of drug-likeness (QED) is 0.0530. The third-order valence-electron chi connectivity index (χ3n) is 10.7. The fourth-order valence-corrected chi connectivity index (χ4v) is 7.11. The number of rotatable bonds is 39. The van der Waals surface area contributed by atoms with Gasteiger partial charge in [0.1, 0.15) is 5.82 Å². The maximum absolute atomic E-state index is 13.0. The molecule has 1 aromatic rings. The minimum absolute atomic E-state index is 0.0190. The molecule has 2 N–H and O–H groups in total. The van der Waals surface area contributed by atoms with Crippen molar-refractivity contribution >= 4 is 17.8 Å². The maximum atomic E-state index is 13.0. The van der Waals surface area contributed by atoms with E-state index in [2.05, 4.69) is 36.7 Å². The Morgan fingerprint density at radius 2 is 1.06 bits per heavy atom. The second-order valence-corrected chi connectivity index (χ2v) is 15.7. The van der Waals surface area contributed by atoms with E-state index in [1.807, 2.05) is 12.3 Å². The van der Waals surface area contributed by atoms with Gasteiger partial charge in [-0.1, -0.05) is 162 Å². The van der Waals surface area contributed by atoms with Crippen molar-refractivity contribution in [1.82, 2.24) is 9.88 Å². The van der Waals surface area contributed by atoms with Crippen molar-refractivity contribution in [1.29, 1.82) is 0 Å². The zero-order chi connectivity index (χ0) is 38.5. The van der Waals surface area contributed by atoms with Crippen LogP contribution >= 0.6 is 0 Å². The fourth-order valence-electron chi connectivity index (χ4n) is 7.11. The molecule has 0 aliphatic rings. The molecule has 0 spiro atoms. The Bertz CT molecular complexity index is 957. The van der Waals surface area contributed by atoms with Crippen LogP contribution in [0.2, 0.25) is 0 Å². The summed E-state index contributed by atoms with van der Waals surface area (Å²) in [6.07, 6.45) is 36.5. The zero-order valence-electron chi connectivity index (χ0n) is 35.2. The molecule has 1 aromatic heterocycles. The van der Waals surface area contributed by atoms with Crippen molar-refractivity contribution in [3.05, 3.63) is 23.9 Å². The van der Waals surface area contributed by atoms with E-state index in [0.29, 0.717) is 25.5 Å². The van der Waals surface area contributed by atoms with Gasteiger partial charge >= 0.3 is 11.9 Å². The molecule has 53 heavy (non-hydrogen) atoms. The van der Waals surface area contributed by atoms with E-state index in [1.165, 1.54) is 121 Å². The van der Waals surface area contributed by atoms with E-state index in [-0.39, 0.29) is 17.9 Å². The molecule has 0 fully saturated rings. The van der Waals surface area contributed by atoms with Crippen LogP contribution in [0, 0.1) is 5.92 Å². The summed E-state index contributed by atoms with van der Waals surface area (Å²) < 4.78 is 11.3. The summed E-state index contributed by atoms with van der Waals surface area (Å²) in [6, 6.07) is 3.99. The number of nitrogen functional groups attached to an aromatic ring is 1. The lowest BCUT2D eigenvalue weighted by Gasteiger charge is -2.22. The average Bonchev–Trinajstić information content (AvgIpc) is 3.16. The van der Waals surface area contributed by atoms with Gasteiger partial charge in [0, 0.05) is 19.2 Å². The number of aromatic nitrogens is 1. The smallest absolute Gasteiger partial charge is 0.308 e. The molecule has 0 aromatic carbocycles. The lowest BCUT2D eigenvalue weighted by atomic mass is 9.94. The van der Waals surface area contributed by atoms with Gasteiger partial charge in [-0.05, 0) is 76.1 Å². The Morgan fingerprint density at radius 3 is 1.60 bits per heavy atom. The van der Waals surface area contributed by atoms with Gasteiger partial charge in [0.05, 0.1) is 19.1 Å². The van der Waals surface area contributed by atoms with E-state index in [9.17, 15) is 9.59 Å². The van der Waals surface area contributed by atoms with Crippen LogP contribution in [0.4, 0.5) is 5.82 Å². The number of esters is 2. The molecule has 0 aliphatic carbocycles. The summed E-state index contributed by atoms with van der Waals surface area (Å²) in [5, 5.41) is 0. The normalized spacial score (nSPS) is 12.0. The number of pyridine rings is 1. The highest BCUT2D eigenvalue weighted by Crippen LogP contribution is 2.21. The van der Waals surface area contributed by atoms with E-state index < -0.39 is 0 Å². The number of hydrogen-bond donors (Lipinski definition) is 1. The highest BCUT2D eigenvalue weighted by atomic mass is 16.5. The summed E-state index contributed by atoms with van der Waals surface area (Å²) in [6.45, 7) is 11.1. The molecule has 1 rings (SSSR count). The van der Waals surface area contributed by atoms with Crippen LogP contribution in [0.3, 0.4) is 0 Å². The maximum Gasteiger partial charge on any atom is 0.308 e. The summed E-state index contributed by atoms with van der Waals surface area (Å²) in [5.74, 6) is 0.699. The fraction of sp³-hybridized carbons (Fsp3) is 0.848. The lowest BCUT2D eigenvalue weighted by Crippen LogP contribution is -2.28. The first-order valence-electron chi connectivity index (χ1n) is 22.7. The average molecular weight is 744 g/mol. The summed E-state index contributed by atoms with van der Waals surface area (Å²) in [5.41, 5.74) is 7.04. The van der Waals surface area contributed by atoms with E-state index >= 15 is 0 Å². The monoisotopic (exact) mass is 744 g/mol. The highest BCUT2D eigenvalue weighted by molar-refractivity contribution is 5.72. The van der Waals surface area contributed by atoms with Gasteiger partial charge in [-0.15, -0.1) is 0 Å². The number of nitrogens with two attached hydrogens (primary N) is 1. The first-order valence-corrected chi connectivity index (χ1v) is 22.7. The molecular formula is C46H85N3O4. The van der Waals surface area contributed by atoms with Crippen LogP contribution in [0.25, 0.3) is 0 Å². The third-order valence-corrected chi connectivity index (χ3v) is 10.7. The van der Waals surface area contributed by atoms with Crippen LogP contribution in [-0.4, -0.2) is 54.7 Å². The first kappa shape index (κ1) is 48.9. The highest BCUT2D eigenvalue weighted by Gasteiger charge is 2.19. The lowest BCUT2D eigenvalue weighted by molar-refractivity contribution is -0.149. The minimum atomic E-state index is -0.0190. The van der Waals surface area contributed by atoms with Crippen LogP contribution in [-0.2, 0) is 25.5 Å². The second kappa shape index (κ2) is 36.8. The molecule has 1 unspecified atom stereocenters. The number of nitrogens with zero attached hydrogens (tertiary/aromatic N) is 2. The topological polar surface area (TPSA) is 94.8 Å². The molecule has 7 nitrogen and oxygen atoms in total.